The molecule has 1 aliphatic heterocycles. The number of rotatable bonds is 2. The van der Waals surface area contributed by atoms with Gasteiger partial charge < -0.3 is 15.2 Å². The van der Waals surface area contributed by atoms with Gasteiger partial charge in [0.15, 0.2) is 0 Å². The third kappa shape index (κ3) is 2.31. The average molecular weight is 247 g/mol. The van der Waals surface area contributed by atoms with Gasteiger partial charge in [-0.2, -0.15) is 13.2 Å². The van der Waals surface area contributed by atoms with Crippen LogP contribution in [-0.4, -0.2) is 30.0 Å². The van der Waals surface area contributed by atoms with Gasteiger partial charge in [0.05, 0.1) is 0 Å². The summed E-state index contributed by atoms with van der Waals surface area (Å²) in [5, 5.41) is 11.8. The molecule has 1 aromatic carbocycles. The monoisotopic (exact) mass is 247 g/mol. The number of aromatic hydroxyl groups is 1. The lowest BCUT2D eigenvalue weighted by Gasteiger charge is -2.31. The molecule has 6 heteroatoms. The quantitative estimate of drug-likeness (QED) is 0.840. The van der Waals surface area contributed by atoms with E-state index in [-0.39, 0.29) is 31.0 Å². The van der Waals surface area contributed by atoms with Gasteiger partial charge in [-0.05, 0) is 18.7 Å². The zero-order valence-electron chi connectivity index (χ0n) is 8.92. The van der Waals surface area contributed by atoms with E-state index >= 15 is 0 Å². The van der Waals surface area contributed by atoms with Gasteiger partial charge >= 0.3 is 6.18 Å². The van der Waals surface area contributed by atoms with Crippen LogP contribution < -0.4 is 10.1 Å². The van der Waals surface area contributed by atoms with Gasteiger partial charge in [0, 0.05) is 19.0 Å². The first-order valence-electron chi connectivity index (χ1n) is 5.18. The van der Waals surface area contributed by atoms with Crippen molar-refractivity contribution in [1.82, 2.24) is 5.32 Å². The number of phenolic OH excluding ortho intramolecular Hbond substituents is 1. The summed E-state index contributed by atoms with van der Waals surface area (Å²) in [6.45, 7) is -0.00944. The van der Waals surface area contributed by atoms with Crippen molar-refractivity contribution in [2.24, 2.45) is 0 Å². The Bertz CT molecular complexity index is 400. The second-order valence-electron chi connectivity index (χ2n) is 4.02. The molecule has 0 amide bonds. The fourth-order valence-electron chi connectivity index (χ4n) is 1.83. The fourth-order valence-corrected chi connectivity index (χ4v) is 1.83. The molecule has 0 saturated carbocycles. The minimum atomic E-state index is -4.44. The lowest BCUT2D eigenvalue weighted by molar-refractivity contribution is -0.240. The molecule has 3 nitrogen and oxygen atoms in total. The van der Waals surface area contributed by atoms with Crippen LogP contribution in [0.15, 0.2) is 24.3 Å². The van der Waals surface area contributed by atoms with E-state index in [0.717, 1.165) is 0 Å². The van der Waals surface area contributed by atoms with Crippen LogP contribution in [0.4, 0.5) is 13.2 Å². The molecule has 0 aliphatic carbocycles. The normalized spacial score (nSPS) is 24.9. The number of halogens is 3. The first-order valence-corrected chi connectivity index (χ1v) is 5.18. The number of ether oxygens (including phenoxy) is 1. The van der Waals surface area contributed by atoms with Crippen molar-refractivity contribution in [3.63, 3.8) is 0 Å². The first-order chi connectivity index (χ1) is 7.93. The van der Waals surface area contributed by atoms with Crippen LogP contribution in [0.5, 0.6) is 11.5 Å². The molecule has 1 saturated heterocycles. The van der Waals surface area contributed by atoms with Gasteiger partial charge in [-0.25, -0.2) is 0 Å². The second kappa shape index (κ2) is 4.10. The summed E-state index contributed by atoms with van der Waals surface area (Å²) >= 11 is 0. The molecule has 0 radical (unpaired) electrons. The third-order valence-electron chi connectivity index (χ3n) is 2.76. The van der Waals surface area contributed by atoms with Crippen molar-refractivity contribution >= 4 is 0 Å². The summed E-state index contributed by atoms with van der Waals surface area (Å²) in [7, 11) is 0. The van der Waals surface area contributed by atoms with E-state index in [0.29, 0.717) is 0 Å². The highest BCUT2D eigenvalue weighted by molar-refractivity contribution is 5.32. The molecule has 1 atom stereocenters. The molecule has 1 fully saturated rings. The number of hydrogen-bond donors (Lipinski definition) is 2. The van der Waals surface area contributed by atoms with Gasteiger partial charge in [0.25, 0.3) is 0 Å². The van der Waals surface area contributed by atoms with Crippen LogP contribution in [-0.2, 0) is 0 Å². The first kappa shape index (κ1) is 12.0. The van der Waals surface area contributed by atoms with E-state index in [4.69, 9.17) is 4.74 Å². The molecule has 0 bridgehead atoms. The molecule has 1 aliphatic rings. The van der Waals surface area contributed by atoms with E-state index in [1.165, 1.54) is 24.3 Å². The molecule has 0 aromatic heterocycles. The molecular weight excluding hydrogens is 235 g/mol. The summed E-state index contributed by atoms with van der Waals surface area (Å²) in [5.41, 5.74) is -2.19. The predicted octanol–water partition coefficient (Wildman–Crippen LogP) is 2.07. The van der Waals surface area contributed by atoms with Crippen molar-refractivity contribution in [3.8, 4) is 11.5 Å². The standard InChI is InChI=1S/C11H12F3NO2/c12-11(13,14)10(4-5-15-7-10)17-9-3-1-2-8(16)6-9/h1-3,6,15-16H,4-5,7H2. The Balaban J connectivity index is 2.25. The van der Waals surface area contributed by atoms with Crippen LogP contribution in [0.3, 0.4) is 0 Å². The molecule has 1 aromatic rings. The van der Waals surface area contributed by atoms with E-state index in [2.05, 4.69) is 5.32 Å². The van der Waals surface area contributed by atoms with Gasteiger partial charge in [-0.15, -0.1) is 0 Å². The molecule has 17 heavy (non-hydrogen) atoms. The van der Waals surface area contributed by atoms with E-state index in [1.807, 2.05) is 0 Å². The Morgan fingerprint density at radius 3 is 2.65 bits per heavy atom. The maximum atomic E-state index is 13.0. The third-order valence-corrected chi connectivity index (χ3v) is 2.76. The highest BCUT2D eigenvalue weighted by Gasteiger charge is 2.58. The minimum absolute atomic E-state index is 0.0195. The van der Waals surface area contributed by atoms with Gasteiger partial charge in [0.1, 0.15) is 11.5 Å². The Morgan fingerprint density at radius 2 is 2.12 bits per heavy atom. The van der Waals surface area contributed by atoms with Crippen molar-refractivity contribution in [2.45, 2.75) is 18.2 Å². The smallest absolute Gasteiger partial charge is 0.429 e. The van der Waals surface area contributed by atoms with Crippen molar-refractivity contribution in [3.05, 3.63) is 24.3 Å². The van der Waals surface area contributed by atoms with Gasteiger partial charge in [0.2, 0.25) is 5.60 Å². The largest absolute Gasteiger partial charge is 0.508 e. The number of alkyl halides is 3. The zero-order valence-corrected chi connectivity index (χ0v) is 8.92. The van der Waals surface area contributed by atoms with Gasteiger partial charge in [-0.1, -0.05) is 6.07 Å². The summed E-state index contributed by atoms with van der Waals surface area (Å²) in [5.74, 6) is -0.100. The zero-order chi connectivity index (χ0) is 12.5. The molecule has 2 rings (SSSR count). The number of nitrogens with one attached hydrogen (secondary N) is 1. The molecular formula is C11H12F3NO2. The van der Waals surface area contributed by atoms with Crippen molar-refractivity contribution in [2.75, 3.05) is 13.1 Å². The maximum Gasteiger partial charge on any atom is 0.429 e. The van der Waals surface area contributed by atoms with Crippen LogP contribution in [0.1, 0.15) is 6.42 Å². The molecule has 94 valence electrons. The lowest BCUT2D eigenvalue weighted by Crippen LogP contribution is -2.52. The summed E-state index contributed by atoms with van der Waals surface area (Å²) in [6.07, 6.45) is -4.58. The van der Waals surface area contributed by atoms with Crippen LogP contribution in [0.25, 0.3) is 0 Å². The number of phenols is 1. The van der Waals surface area contributed by atoms with Crippen LogP contribution in [0.2, 0.25) is 0 Å². The van der Waals surface area contributed by atoms with E-state index in [1.54, 1.807) is 0 Å². The topological polar surface area (TPSA) is 41.5 Å². The highest BCUT2D eigenvalue weighted by atomic mass is 19.4. The van der Waals surface area contributed by atoms with E-state index < -0.39 is 11.8 Å². The number of benzene rings is 1. The Kier molecular flexibility index (Phi) is 2.91. The Labute approximate surface area is 96.2 Å². The van der Waals surface area contributed by atoms with E-state index in [9.17, 15) is 18.3 Å². The minimum Gasteiger partial charge on any atom is -0.508 e. The summed E-state index contributed by atoms with van der Waals surface area (Å²) in [4.78, 5) is 0. The predicted molar refractivity (Wildman–Crippen MR) is 55.0 cm³/mol. The number of hydrogen-bond acceptors (Lipinski definition) is 3. The average Bonchev–Trinajstić information content (AvgIpc) is 2.66. The fraction of sp³-hybridized carbons (Fsp3) is 0.455. The van der Waals surface area contributed by atoms with Crippen LogP contribution in [0, 0.1) is 0 Å². The molecule has 1 heterocycles. The molecule has 0 spiro atoms. The second-order valence-corrected chi connectivity index (χ2v) is 4.02. The lowest BCUT2D eigenvalue weighted by atomic mass is 10.0. The Hall–Kier alpha value is -1.43. The van der Waals surface area contributed by atoms with Gasteiger partial charge in [-0.3, -0.25) is 0 Å². The molecule has 2 N–H and O–H groups in total. The summed E-state index contributed by atoms with van der Waals surface area (Å²) in [6, 6.07) is 5.38. The Morgan fingerprint density at radius 1 is 1.35 bits per heavy atom. The van der Waals surface area contributed by atoms with Crippen molar-refractivity contribution in [1.29, 1.82) is 0 Å². The maximum absolute atomic E-state index is 13.0. The highest BCUT2D eigenvalue weighted by Crippen LogP contribution is 2.39. The van der Waals surface area contributed by atoms with Crippen molar-refractivity contribution < 1.29 is 23.0 Å². The SMILES string of the molecule is Oc1cccc(OC2(C(F)(F)F)CCNC2)c1. The summed E-state index contributed by atoms with van der Waals surface area (Å²) < 4.78 is 44.0. The van der Waals surface area contributed by atoms with Crippen LogP contribution >= 0.6 is 0 Å². The molecule has 1 unspecified atom stereocenters.